The summed E-state index contributed by atoms with van der Waals surface area (Å²) in [7, 11) is -3.84. The van der Waals surface area contributed by atoms with Gasteiger partial charge in [0.25, 0.3) is 0 Å². The predicted molar refractivity (Wildman–Crippen MR) is 81.7 cm³/mol. The minimum atomic E-state index is -3.84. The number of rotatable bonds is 8. The van der Waals surface area contributed by atoms with Crippen LogP contribution in [0.3, 0.4) is 0 Å². The summed E-state index contributed by atoms with van der Waals surface area (Å²) in [5, 5.41) is 9.08. The molecule has 4 N–H and O–H groups in total. The molecule has 7 heteroatoms. The fourth-order valence-electron chi connectivity index (χ4n) is 1.91. The molecule has 118 valence electrons. The molecule has 0 saturated heterocycles. The number of aromatic carboxylic acids is 1. The molecule has 0 saturated carbocycles. The number of carboxylic acids is 1. The molecule has 0 atom stereocenters. The van der Waals surface area contributed by atoms with Crippen LogP contribution in [-0.4, -0.2) is 26.0 Å². The highest BCUT2D eigenvalue weighted by molar-refractivity contribution is 7.89. The van der Waals surface area contributed by atoms with Gasteiger partial charge in [-0.2, -0.15) is 0 Å². The standard InChI is InChI=1S/C14H22N2O4S/c1-10(2)5-3-4-8-16-21(19,20)13-7-6-11(15)9-12(13)14(17)18/h6-7,9-10,16H,3-5,8,15H2,1-2H3,(H,17,18). The Morgan fingerprint density at radius 1 is 1.33 bits per heavy atom. The van der Waals surface area contributed by atoms with Gasteiger partial charge in [0.2, 0.25) is 10.0 Å². The van der Waals surface area contributed by atoms with E-state index in [2.05, 4.69) is 18.6 Å². The number of unbranched alkanes of at least 4 members (excludes halogenated alkanes) is 1. The number of nitrogens with two attached hydrogens (primary N) is 1. The lowest BCUT2D eigenvalue weighted by molar-refractivity contribution is 0.0692. The van der Waals surface area contributed by atoms with E-state index in [-0.39, 0.29) is 16.1 Å². The number of nitrogen functional groups attached to an aromatic ring is 1. The Morgan fingerprint density at radius 3 is 2.57 bits per heavy atom. The largest absolute Gasteiger partial charge is 0.478 e. The maximum Gasteiger partial charge on any atom is 0.337 e. The van der Waals surface area contributed by atoms with Crippen molar-refractivity contribution in [2.45, 2.75) is 38.0 Å². The van der Waals surface area contributed by atoms with Gasteiger partial charge in [0.15, 0.2) is 0 Å². The molecule has 1 rings (SSSR count). The van der Waals surface area contributed by atoms with Crippen LogP contribution in [-0.2, 0) is 10.0 Å². The summed E-state index contributed by atoms with van der Waals surface area (Å²) >= 11 is 0. The maximum atomic E-state index is 12.2. The number of anilines is 1. The number of carboxylic acid groups (broad SMARTS) is 1. The third-order valence-electron chi connectivity index (χ3n) is 3.02. The van der Waals surface area contributed by atoms with Crippen molar-refractivity contribution >= 4 is 21.7 Å². The van der Waals surface area contributed by atoms with E-state index in [0.717, 1.165) is 25.3 Å². The van der Waals surface area contributed by atoms with Gasteiger partial charge in [-0.25, -0.2) is 17.9 Å². The average molecular weight is 314 g/mol. The van der Waals surface area contributed by atoms with Crippen LogP contribution in [0.5, 0.6) is 0 Å². The molecular formula is C14H22N2O4S. The van der Waals surface area contributed by atoms with Gasteiger partial charge in [0.05, 0.1) is 10.5 Å². The number of benzene rings is 1. The zero-order valence-corrected chi connectivity index (χ0v) is 13.1. The summed E-state index contributed by atoms with van der Waals surface area (Å²) in [6.45, 7) is 4.51. The van der Waals surface area contributed by atoms with E-state index >= 15 is 0 Å². The zero-order valence-electron chi connectivity index (χ0n) is 12.3. The van der Waals surface area contributed by atoms with Crippen molar-refractivity contribution in [3.05, 3.63) is 23.8 Å². The molecule has 1 aromatic carbocycles. The minimum Gasteiger partial charge on any atom is -0.478 e. The smallest absolute Gasteiger partial charge is 0.337 e. The molecule has 0 aliphatic carbocycles. The second kappa shape index (κ2) is 7.42. The Hall–Kier alpha value is -1.60. The van der Waals surface area contributed by atoms with Crippen LogP contribution in [0.4, 0.5) is 5.69 Å². The highest BCUT2D eigenvalue weighted by Crippen LogP contribution is 2.19. The summed E-state index contributed by atoms with van der Waals surface area (Å²) < 4.78 is 26.7. The summed E-state index contributed by atoms with van der Waals surface area (Å²) in [5.74, 6) is -0.736. The van der Waals surface area contributed by atoms with Crippen molar-refractivity contribution < 1.29 is 18.3 Å². The third kappa shape index (κ3) is 5.35. The van der Waals surface area contributed by atoms with E-state index in [0.29, 0.717) is 12.5 Å². The van der Waals surface area contributed by atoms with Crippen molar-refractivity contribution in [2.75, 3.05) is 12.3 Å². The summed E-state index contributed by atoms with van der Waals surface area (Å²) in [4.78, 5) is 10.9. The highest BCUT2D eigenvalue weighted by Gasteiger charge is 2.21. The zero-order chi connectivity index (χ0) is 16.0. The Balaban J connectivity index is 2.77. The van der Waals surface area contributed by atoms with Gasteiger partial charge in [0, 0.05) is 12.2 Å². The molecule has 6 nitrogen and oxygen atoms in total. The van der Waals surface area contributed by atoms with Crippen LogP contribution >= 0.6 is 0 Å². The van der Waals surface area contributed by atoms with Crippen molar-refractivity contribution in [3.63, 3.8) is 0 Å². The molecule has 0 fully saturated rings. The van der Waals surface area contributed by atoms with E-state index in [9.17, 15) is 13.2 Å². The van der Waals surface area contributed by atoms with E-state index in [1.54, 1.807) is 0 Å². The monoisotopic (exact) mass is 314 g/mol. The predicted octanol–water partition coefficient (Wildman–Crippen LogP) is 2.07. The molecule has 0 bridgehead atoms. The van der Waals surface area contributed by atoms with E-state index < -0.39 is 16.0 Å². The lowest BCUT2D eigenvalue weighted by Crippen LogP contribution is -2.26. The SMILES string of the molecule is CC(C)CCCCNS(=O)(=O)c1ccc(N)cc1C(=O)O. The number of hydrogen-bond donors (Lipinski definition) is 3. The Kier molecular flexibility index (Phi) is 6.17. The van der Waals surface area contributed by atoms with Crippen LogP contribution in [0.15, 0.2) is 23.1 Å². The molecule has 0 radical (unpaired) electrons. The van der Waals surface area contributed by atoms with Crippen molar-refractivity contribution in [2.24, 2.45) is 5.92 Å². The summed E-state index contributed by atoms with van der Waals surface area (Å²) in [6.07, 6.45) is 2.67. The first kappa shape index (κ1) is 17.5. The average Bonchev–Trinajstić information content (AvgIpc) is 2.37. The third-order valence-corrected chi connectivity index (χ3v) is 4.54. The number of carbonyl (C=O) groups is 1. The second-order valence-electron chi connectivity index (χ2n) is 5.35. The summed E-state index contributed by atoms with van der Waals surface area (Å²) in [5.41, 5.74) is 5.39. The lowest BCUT2D eigenvalue weighted by atomic mass is 10.1. The molecule has 0 unspecified atom stereocenters. The summed E-state index contributed by atoms with van der Waals surface area (Å²) in [6, 6.07) is 3.74. The molecule has 0 aromatic heterocycles. The van der Waals surface area contributed by atoms with Gasteiger partial charge in [-0.3, -0.25) is 0 Å². The highest BCUT2D eigenvalue weighted by atomic mass is 32.2. The van der Waals surface area contributed by atoms with Crippen molar-refractivity contribution in [1.82, 2.24) is 4.72 Å². The van der Waals surface area contributed by atoms with Crippen LogP contribution in [0.1, 0.15) is 43.5 Å². The van der Waals surface area contributed by atoms with Crippen molar-refractivity contribution in [3.8, 4) is 0 Å². The normalized spacial score (nSPS) is 11.8. The Bertz CT molecular complexity index is 597. The fraction of sp³-hybridized carbons (Fsp3) is 0.500. The quantitative estimate of drug-likeness (QED) is 0.502. The molecule has 1 aromatic rings. The molecule has 21 heavy (non-hydrogen) atoms. The Labute approximate surface area is 125 Å². The molecule has 0 heterocycles. The minimum absolute atomic E-state index is 0.211. The molecule has 0 aliphatic rings. The van der Waals surface area contributed by atoms with Crippen LogP contribution in [0, 0.1) is 5.92 Å². The van der Waals surface area contributed by atoms with Gasteiger partial charge in [0.1, 0.15) is 0 Å². The number of sulfonamides is 1. The first-order chi connectivity index (χ1) is 9.74. The number of hydrogen-bond acceptors (Lipinski definition) is 4. The Morgan fingerprint density at radius 2 is 2.00 bits per heavy atom. The van der Waals surface area contributed by atoms with E-state index in [1.807, 2.05) is 0 Å². The van der Waals surface area contributed by atoms with Gasteiger partial charge in [-0.05, 0) is 30.5 Å². The van der Waals surface area contributed by atoms with Gasteiger partial charge >= 0.3 is 5.97 Å². The maximum absolute atomic E-state index is 12.2. The van der Waals surface area contributed by atoms with Crippen LogP contribution in [0.25, 0.3) is 0 Å². The molecular weight excluding hydrogens is 292 g/mol. The fourth-order valence-corrected chi connectivity index (χ4v) is 3.16. The second-order valence-corrected chi connectivity index (χ2v) is 7.08. The van der Waals surface area contributed by atoms with E-state index in [4.69, 9.17) is 10.8 Å². The van der Waals surface area contributed by atoms with Gasteiger partial charge in [-0.1, -0.05) is 26.7 Å². The first-order valence-electron chi connectivity index (χ1n) is 6.86. The number of nitrogens with one attached hydrogen (secondary N) is 1. The van der Waals surface area contributed by atoms with Gasteiger partial charge in [-0.15, -0.1) is 0 Å². The van der Waals surface area contributed by atoms with E-state index in [1.165, 1.54) is 12.1 Å². The van der Waals surface area contributed by atoms with Crippen molar-refractivity contribution in [1.29, 1.82) is 0 Å². The topological polar surface area (TPSA) is 109 Å². The first-order valence-corrected chi connectivity index (χ1v) is 8.35. The van der Waals surface area contributed by atoms with Crippen LogP contribution < -0.4 is 10.5 Å². The molecule has 0 aliphatic heterocycles. The van der Waals surface area contributed by atoms with Gasteiger partial charge < -0.3 is 10.8 Å². The lowest BCUT2D eigenvalue weighted by Gasteiger charge is -2.10. The van der Waals surface area contributed by atoms with Crippen LogP contribution in [0.2, 0.25) is 0 Å². The molecule has 0 spiro atoms. The molecule has 0 amide bonds.